The van der Waals surface area contributed by atoms with Crippen LogP contribution in [0.4, 0.5) is 13.2 Å². The van der Waals surface area contributed by atoms with Crippen LogP contribution in [0.2, 0.25) is 0 Å². The fourth-order valence-electron chi connectivity index (χ4n) is 1.12. The summed E-state index contributed by atoms with van der Waals surface area (Å²) in [6, 6.07) is -0.479. The van der Waals surface area contributed by atoms with Gasteiger partial charge in [0.25, 0.3) is 0 Å². The molecule has 2 unspecified atom stereocenters. The molecule has 0 fully saturated rings. The lowest BCUT2D eigenvalue weighted by atomic mass is 10.0. The van der Waals surface area contributed by atoms with Crippen molar-refractivity contribution in [2.24, 2.45) is 11.7 Å². The van der Waals surface area contributed by atoms with E-state index in [1.165, 1.54) is 13.0 Å². The zero-order chi connectivity index (χ0) is 12.9. The smallest absolute Gasteiger partial charge is 0.330 e. The van der Waals surface area contributed by atoms with Crippen molar-refractivity contribution in [2.75, 3.05) is 13.1 Å². The molecule has 1 amide bonds. The molecule has 2 N–H and O–H groups in total. The number of nitrogens with zero attached hydrogens (tertiary/aromatic N) is 1. The van der Waals surface area contributed by atoms with Crippen molar-refractivity contribution in [3.05, 3.63) is 12.7 Å². The molecular weight excluding hydrogens is 257 g/mol. The van der Waals surface area contributed by atoms with E-state index in [1.54, 1.807) is 6.92 Å². The van der Waals surface area contributed by atoms with E-state index in [4.69, 9.17) is 5.73 Å². The van der Waals surface area contributed by atoms with E-state index in [0.29, 0.717) is 4.90 Å². The van der Waals surface area contributed by atoms with Gasteiger partial charge in [-0.3, -0.25) is 4.79 Å². The molecule has 0 rings (SSSR count). The topological polar surface area (TPSA) is 46.3 Å². The Labute approximate surface area is 105 Å². The van der Waals surface area contributed by atoms with E-state index < -0.39 is 30.6 Å². The number of hydrogen-bond donors (Lipinski definition) is 1. The van der Waals surface area contributed by atoms with Gasteiger partial charge in [-0.15, -0.1) is 19.0 Å². The van der Waals surface area contributed by atoms with Gasteiger partial charge < -0.3 is 10.6 Å². The van der Waals surface area contributed by atoms with Crippen molar-refractivity contribution in [1.29, 1.82) is 0 Å². The monoisotopic (exact) mass is 274 g/mol. The number of halogens is 4. The van der Waals surface area contributed by atoms with E-state index >= 15 is 0 Å². The number of nitrogens with two attached hydrogens (primary N) is 1. The molecule has 0 radical (unpaired) electrons. The molecule has 0 spiro atoms. The molecule has 102 valence electrons. The van der Waals surface area contributed by atoms with E-state index in [2.05, 4.69) is 6.58 Å². The maximum Gasteiger partial charge on any atom is 0.406 e. The largest absolute Gasteiger partial charge is 0.406 e. The summed E-state index contributed by atoms with van der Waals surface area (Å²) in [6.45, 7) is 5.03. The van der Waals surface area contributed by atoms with Gasteiger partial charge in [-0.25, -0.2) is 0 Å². The third kappa shape index (κ3) is 7.23. The van der Waals surface area contributed by atoms with Gasteiger partial charge in [0.05, 0.1) is 5.92 Å². The maximum absolute atomic E-state index is 12.2. The Morgan fingerprint density at radius 2 is 1.94 bits per heavy atom. The molecule has 0 saturated carbocycles. The summed E-state index contributed by atoms with van der Waals surface area (Å²) in [6.07, 6.45) is -3.15. The number of amides is 1. The molecule has 0 bridgehead atoms. The first-order valence-electron chi connectivity index (χ1n) is 4.91. The van der Waals surface area contributed by atoms with E-state index in [-0.39, 0.29) is 19.0 Å². The Kier molecular flexibility index (Phi) is 8.27. The van der Waals surface area contributed by atoms with Gasteiger partial charge in [-0.1, -0.05) is 13.0 Å². The average Bonchev–Trinajstić information content (AvgIpc) is 2.12. The van der Waals surface area contributed by atoms with Crippen LogP contribution in [0.25, 0.3) is 0 Å². The highest BCUT2D eigenvalue weighted by Crippen LogP contribution is 2.18. The van der Waals surface area contributed by atoms with Crippen LogP contribution in [0.1, 0.15) is 13.8 Å². The van der Waals surface area contributed by atoms with Crippen molar-refractivity contribution in [3.8, 4) is 0 Å². The molecule has 0 aliphatic heterocycles. The first-order valence-corrected chi connectivity index (χ1v) is 4.91. The summed E-state index contributed by atoms with van der Waals surface area (Å²) in [5, 5.41) is 0. The first-order chi connectivity index (χ1) is 7.19. The highest BCUT2D eigenvalue weighted by molar-refractivity contribution is 5.85. The minimum Gasteiger partial charge on any atom is -0.330 e. The second-order valence-corrected chi connectivity index (χ2v) is 3.77. The summed E-state index contributed by atoms with van der Waals surface area (Å²) >= 11 is 0. The Morgan fingerprint density at radius 3 is 2.24 bits per heavy atom. The van der Waals surface area contributed by atoms with Crippen LogP contribution in [0, 0.1) is 5.92 Å². The van der Waals surface area contributed by atoms with Gasteiger partial charge in [0.15, 0.2) is 0 Å². The van der Waals surface area contributed by atoms with Crippen molar-refractivity contribution < 1.29 is 18.0 Å². The average molecular weight is 275 g/mol. The Bertz CT molecular complexity index is 256. The van der Waals surface area contributed by atoms with Crippen molar-refractivity contribution in [3.63, 3.8) is 0 Å². The predicted octanol–water partition coefficient (Wildman–Crippen LogP) is 1.97. The van der Waals surface area contributed by atoms with Crippen LogP contribution in [0.15, 0.2) is 12.7 Å². The van der Waals surface area contributed by atoms with Crippen LogP contribution in [-0.4, -0.2) is 36.1 Å². The lowest BCUT2D eigenvalue weighted by molar-refractivity contribution is -0.162. The number of hydrogen-bond acceptors (Lipinski definition) is 2. The standard InChI is InChI=1S/C10H17F3N2O.ClH/c1-4-5-15(6-10(11,12)13)9(16)7(2)8(3)14;/h4,7-8H,1,5-6,14H2,2-3H3;1H. The third-order valence-corrected chi connectivity index (χ3v) is 2.21. The van der Waals surface area contributed by atoms with Gasteiger partial charge in [0, 0.05) is 12.6 Å². The summed E-state index contributed by atoms with van der Waals surface area (Å²) in [5.74, 6) is -1.24. The van der Waals surface area contributed by atoms with E-state index in [9.17, 15) is 18.0 Å². The quantitative estimate of drug-likeness (QED) is 0.779. The molecule has 0 aromatic heterocycles. The number of carbonyl (C=O) groups excluding carboxylic acids is 1. The van der Waals surface area contributed by atoms with Crippen LogP contribution < -0.4 is 5.73 Å². The zero-order valence-corrected chi connectivity index (χ0v) is 10.6. The maximum atomic E-state index is 12.2. The van der Waals surface area contributed by atoms with Gasteiger partial charge in [0.2, 0.25) is 5.91 Å². The normalized spacial score (nSPS) is 14.5. The highest BCUT2D eigenvalue weighted by Gasteiger charge is 2.34. The molecule has 7 heteroatoms. The highest BCUT2D eigenvalue weighted by atomic mass is 35.5. The van der Waals surface area contributed by atoms with Crippen molar-refractivity contribution in [1.82, 2.24) is 4.90 Å². The SMILES string of the molecule is C=CCN(CC(F)(F)F)C(=O)C(C)C(C)N.Cl. The predicted molar refractivity (Wildman–Crippen MR) is 62.9 cm³/mol. The fraction of sp³-hybridized carbons (Fsp3) is 0.700. The summed E-state index contributed by atoms with van der Waals surface area (Å²) in [5.41, 5.74) is 5.48. The minimum absolute atomic E-state index is 0. The number of rotatable bonds is 5. The molecular formula is C10H18ClF3N2O. The Morgan fingerprint density at radius 1 is 1.47 bits per heavy atom. The molecule has 0 aliphatic carbocycles. The van der Waals surface area contributed by atoms with Crippen molar-refractivity contribution in [2.45, 2.75) is 26.1 Å². The molecule has 0 aromatic carbocycles. The van der Waals surface area contributed by atoms with Crippen LogP contribution in [-0.2, 0) is 4.79 Å². The van der Waals surface area contributed by atoms with Gasteiger partial charge in [-0.05, 0) is 6.92 Å². The summed E-state index contributed by atoms with van der Waals surface area (Å²) < 4.78 is 36.6. The van der Waals surface area contributed by atoms with E-state index in [0.717, 1.165) is 0 Å². The molecule has 17 heavy (non-hydrogen) atoms. The van der Waals surface area contributed by atoms with Gasteiger partial charge >= 0.3 is 6.18 Å². The van der Waals surface area contributed by atoms with Gasteiger partial charge in [-0.2, -0.15) is 13.2 Å². The van der Waals surface area contributed by atoms with E-state index in [1.807, 2.05) is 0 Å². The van der Waals surface area contributed by atoms with Gasteiger partial charge in [0.1, 0.15) is 6.54 Å². The zero-order valence-electron chi connectivity index (χ0n) is 9.83. The summed E-state index contributed by atoms with van der Waals surface area (Å²) in [7, 11) is 0. The lowest BCUT2D eigenvalue weighted by Gasteiger charge is -2.27. The Hall–Kier alpha value is -0.750. The number of carbonyl (C=O) groups is 1. The molecule has 0 saturated heterocycles. The first kappa shape index (κ1) is 18.6. The number of alkyl halides is 3. The molecule has 0 aromatic rings. The molecule has 3 nitrogen and oxygen atoms in total. The Balaban J connectivity index is 0. The van der Waals surface area contributed by atoms with Crippen LogP contribution in [0.3, 0.4) is 0 Å². The molecule has 0 aliphatic rings. The fourth-order valence-corrected chi connectivity index (χ4v) is 1.12. The van der Waals surface area contributed by atoms with Crippen molar-refractivity contribution >= 4 is 18.3 Å². The van der Waals surface area contributed by atoms with Crippen LogP contribution in [0.5, 0.6) is 0 Å². The second kappa shape index (κ2) is 7.55. The molecule has 0 heterocycles. The van der Waals surface area contributed by atoms with Crippen LogP contribution >= 0.6 is 12.4 Å². The lowest BCUT2D eigenvalue weighted by Crippen LogP contribution is -2.45. The third-order valence-electron chi connectivity index (χ3n) is 2.21. The molecule has 2 atom stereocenters. The second-order valence-electron chi connectivity index (χ2n) is 3.77. The summed E-state index contributed by atoms with van der Waals surface area (Å²) in [4.78, 5) is 12.4. The minimum atomic E-state index is -4.41.